The number of anilines is 2. The van der Waals surface area contributed by atoms with Gasteiger partial charge in [0.05, 0.1) is 11.0 Å². The van der Waals surface area contributed by atoms with Crippen molar-refractivity contribution in [1.82, 2.24) is 10.3 Å². The maximum Gasteiger partial charge on any atom is 0.274 e. The van der Waals surface area contributed by atoms with Crippen LogP contribution >= 0.6 is 0 Å². The van der Waals surface area contributed by atoms with E-state index in [-0.39, 0.29) is 5.82 Å². The van der Waals surface area contributed by atoms with Gasteiger partial charge < -0.3 is 21.1 Å². The van der Waals surface area contributed by atoms with E-state index in [1.165, 1.54) is 18.2 Å². The Bertz CT molecular complexity index is 1050. The molecule has 1 heterocycles. The molecule has 0 radical (unpaired) electrons. The number of nitrogens with zero attached hydrogens (tertiary/aromatic N) is 2. The van der Waals surface area contributed by atoms with E-state index in [0.29, 0.717) is 24.5 Å². The lowest BCUT2D eigenvalue weighted by molar-refractivity contribution is -0.403. The molecule has 9 heteroatoms. The zero-order valence-electron chi connectivity index (χ0n) is 17.2. The van der Waals surface area contributed by atoms with Crippen molar-refractivity contribution in [3.8, 4) is 0 Å². The molecule has 0 saturated carbocycles. The molecule has 3 rings (SSSR count). The van der Waals surface area contributed by atoms with E-state index < -0.39 is 16.8 Å². The van der Waals surface area contributed by atoms with Crippen LogP contribution in [-0.4, -0.2) is 28.1 Å². The molecule has 0 aliphatic heterocycles. The summed E-state index contributed by atoms with van der Waals surface area (Å²) in [6, 6.07) is 16.7. The first kappa shape index (κ1) is 22.9. The van der Waals surface area contributed by atoms with Gasteiger partial charge in [-0.15, -0.1) is 0 Å². The van der Waals surface area contributed by atoms with Crippen molar-refractivity contribution in [3.63, 3.8) is 0 Å². The number of hydrogen-bond acceptors (Lipinski definition) is 7. The van der Waals surface area contributed by atoms with Crippen LogP contribution in [0.1, 0.15) is 17.2 Å². The molecule has 0 amide bonds. The van der Waals surface area contributed by atoms with Crippen LogP contribution in [-0.2, 0) is 6.42 Å². The Hall–Kier alpha value is -3.82. The highest BCUT2D eigenvalue weighted by atomic mass is 19.1. The van der Waals surface area contributed by atoms with Crippen LogP contribution in [0.4, 0.5) is 15.8 Å². The molecular weight excluding hydrogens is 413 g/mol. The van der Waals surface area contributed by atoms with E-state index in [1.54, 1.807) is 36.7 Å². The molecule has 1 aromatic heterocycles. The van der Waals surface area contributed by atoms with Crippen molar-refractivity contribution >= 4 is 11.4 Å². The van der Waals surface area contributed by atoms with E-state index in [0.717, 1.165) is 23.7 Å². The van der Waals surface area contributed by atoms with Gasteiger partial charge in [-0.1, -0.05) is 24.3 Å². The van der Waals surface area contributed by atoms with Gasteiger partial charge in [-0.2, -0.15) is 0 Å². The van der Waals surface area contributed by atoms with Crippen LogP contribution in [0, 0.1) is 15.9 Å². The predicted molar refractivity (Wildman–Crippen MR) is 121 cm³/mol. The van der Waals surface area contributed by atoms with Crippen molar-refractivity contribution in [2.75, 3.05) is 23.7 Å². The number of rotatable bonds is 11. The summed E-state index contributed by atoms with van der Waals surface area (Å²) in [5.74, 6) is -0.333. The highest BCUT2D eigenvalue weighted by Crippen LogP contribution is 2.16. The zero-order valence-corrected chi connectivity index (χ0v) is 17.2. The number of nitrogens with one attached hydrogen (secondary N) is 3. The second kappa shape index (κ2) is 11.5. The zero-order chi connectivity index (χ0) is 22.8. The number of hydrogen-bond donors (Lipinski definition) is 4. The highest BCUT2D eigenvalue weighted by Gasteiger charge is 2.07. The van der Waals surface area contributed by atoms with Gasteiger partial charge in [0.1, 0.15) is 5.82 Å². The molecule has 0 aliphatic rings. The first-order chi connectivity index (χ1) is 15.5. The van der Waals surface area contributed by atoms with Crippen molar-refractivity contribution in [3.05, 3.63) is 112 Å². The Balaban J connectivity index is 1.50. The van der Waals surface area contributed by atoms with Gasteiger partial charge in [-0.3, -0.25) is 15.1 Å². The molecule has 32 heavy (non-hydrogen) atoms. The normalized spacial score (nSPS) is 12.2. The topological polar surface area (TPSA) is 112 Å². The molecule has 4 N–H and O–H groups in total. The van der Waals surface area contributed by atoms with Crippen LogP contribution in [0.2, 0.25) is 0 Å². The standard InChI is InChI=1S/C23H24FN5O3/c24-19-4-1-5-21(13-19)28-23(16-29(31)32)27-20-8-6-17(7-9-20)10-12-26-15-22(30)18-3-2-11-25-14-18/h1-9,11,13-14,16,22,26-28,30H,10,12,15H2/b23-16+/t22-/m0/s1. The minimum atomic E-state index is -0.618. The Morgan fingerprint density at radius 1 is 1.12 bits per heavy atom. The van der Waals surface area contributed by atoms with E-state index in [2.05, 4.69) is 20.9 Å². The van der Waals surface area contributed by atoms with Gasteiger partial charge >= 0.3 is 0 Å². The quantitative estimate of drug-likeness (QED) is 0.206. The van der Waals surface area contributed by atoms with Gasteiger partial charge in [-0.05, 0) is 54.9 Å². The lowest BCUT2D eigenvalue weighted by atomic mass is 10.1. The monoisotopic (exact) mass is 437 g/mol. The van der Waals surface area contributed by atoms with Crippen molar-refractivity contribution in [2.24, 2.45) is 0 Å². The fourth-order valence-electron chi connectivity index (χ4n) is 3.00. The smallest absolute Gasteiger partial charge is 0.274 e. The molecule has 0 spiro atoms. The predicted octanol–water partition coefficient (Wildman–Crippen LogP) is 3.69. The molecule has 8 nitrogen and oxygen atoms in total. The van der Waals surface area contributed by atoms with Crippen LogP contribution in [0.3, 0.4) is 0 Å². The van der Waals surface area contributed by atoms with E-state index in [4.69, 9.17) is 0 Å². The molecule has 0 unspecified atom stereocenters. The summed E-state index contributed by atoms with van der Waals surface area (Å²) in [6.45, 7) is 1.10. The first-order valence-electron chi connectivity index (χ1n) is 10.0. The average molecular weight is 437 g/mol. The third kappa shape index (κ3) is 7.46. The van der Waals surface area contributed by atoms with E-state index >= 15 is 0 Å². The minimum absolute atomic E-state index is 0.111. The molecular formula is C23H24FN5O3. The number of benzene rings is 2. The Kier molecular flexibility index (Phi) is 8.24. The van der Waals surface area contributed by atoms with E-state index in [1.807, 2.05) is 18.2 Å². The molecule has 0 fully saturated rings. The summed E-state index contributed by atoms with van der Waals surface area (Å²) in [5, 5.41) is 30.0. The van der Waals surface area contributed by atoms with Gasteiger partial charge in [0.2, 0.25) is 0 Å². The third-order valence-electron chi connectivity index (χ3n) is 4.57. The summed E-state index contributed by atoms with van der Waals surface area (Å²) in [6.07, 6.45) is 4.22. The van der Waals surface area contributed by atoms with Gasteiger partial charge in [0.25, 0.3) is 6.20 Å². The third-order valence-corrected chi connectivity index (χ3v) is 4.57. The number of aromatic nitrogens is 1. The van der Waals surface area contributed by atoms with Gasteiger partial charge in [0, 0.05) is 35.9 Å². The van der Waals surface area contributed by atoms with Crippen LogP contribution in [0.25, 0.3) is 0 Å². The Morgan fingerprint density at radius 2 is 1.91 bits per heavy atom. The number of aliphatic hydroxyl groups excluding tert-OH is 1. The van der Waals surface area contributed by atoms with Crippen molar-refractivity contribution in [2.45, 2.75) is 12.5 Å². The maximum atomic E-state index is 13.4. The van der Waals surface area contributed by atoms with Gasteiger partial charge in [0.15, 0.2) is 5.82 Å². The van der Waals surface area contributed by atoms with Crippen LogP contribution in [0.5, 0.6) is 0 Å². The Morgan fingerprint density at radius 3 is 2.59 bits per heavy atom. The van der Waals surface area contributed by atoms with Crippen LogP contribution in [0.15, 0.2) is 85.1 Å². The fourth-order valence-corrected chi connectivity index (χ4v) is 3.00. The van der Waals surface area contributed by atoms with Crippen LogP contribution < -0.4 is 16.0 Å². The molecule has 0 aliphatic carbocycles. The molecule has 3 aromatic rings. The van der Waals surface area contributed by atoms with Crippen molar-refractivity contribution < 1.29 is 14.4 Å². The molecule has 166 valence electrons. The fraction of sp³-hybridized carbons (Fsp3) is 0.174. The molecule has 1 atom stereocenters. The number of pyridine rings is 1. The summed E-state index contributed by atoms with van der Waals surface area (Å²) in [7, 11) is 0. The largest absolute Gasteiger partial charge is 0.387 e. The summed E-state index contributed by atoms with van der Waals surface area (Å²) in [5.41, 5.74) is 2.87. The maximum absolute atomic E-state index is 13.4. The lowest BCUT2D eigenvalue weighted by Gasteiger charge is -2.13. The summed E-state index contributed by atoms with van der Waals surface area (Å²) >= 11 is 0. The number of nitro groups is 1. The Labute approximate surface area is 185 Å². The summed E-state index contributed by atoms with van der Waals surface area (Å²) in [4.78, 5) is 14.4. The van der Waals surface area contributed by atoms with Gasteiger partial charge in [-0.25, -0.2) is 4.39 Å². The van der Waals surface area contributed by atoms with Crippen molar-refractivity contribution in [1.29, 1.82) is 0 Å². The lowest BCUT2D eigenvalue weighted by Crippen LogP contribution is -2.23. The minimum Gasteiger partial charge on any atom is -0.387 e. The second-order valence-corrected chi connectivity index (χ2v) is 7.04. The van der Waals surface area contributed by atoms with E-state index in [9.17, 15) is 19.6 Å². The average Bonchev–Trinajstić information content (AvgIpc) is 2.78. The SMILES string of the molecule is O=[N+]([O-])/C=C(\Nc1ccc(CCNC[C@H](O)c2cccnc2)cc1)Nc1cccc(F)c1. The first-order valence-corrected chi connectivity index (χ1v) is 10.0. The summed E-state index contributed by atoms with van der Waals surface area (Å²) < 4.78 is 13.4. The molecule has 0 bridgehead atoms. The number of aliphatic hydroxyl groups is 1. The second-order valence-electron chi connectivity index (χ2n) is 7.04. The molecule has 0 saturated heterocycles. The highest BCUT2D eigenvalue weighted by molar-refractivity contribution is 5.56. The molecule has 2 aromatic carbocycles. The number of halogens is 1.